The summed E-state index contributed by atoms with van der Waals surface area (Å²) < 4.78 is 4.05. The normalized spacial score (nSPS) is 12.0. The Morgan fingerprint density at radius 3 is 2.22 bits per heavy atom. The lowest BCUT2D eigenvalue weighted by atomic mass is 10.3. The third-order valence-corrected chi connectivity index (χ3v) is 1.49. The van der Waals surface area contributed by atoms with E-state index in [1.165, 1.54) is 0 Å². The van der Waals surface area contributed by atoms with Gasteiger partial charge in [0.25, 0.3) is 0 Å². The molecule has 0 fully saturated rings. The lowest BCUT2D eigenvalue weighted by molar-refractivity contribution is 0.0823. The van der Waals surface area contributed by atoms with Crippen molar-refractivity contribution in [1.29, 1.82) is 0 Å². The quantitative estimate of drug-likeness (QED) is 0.591. The first-order valence-electron chi connectivity index (χ1n) is 3.14. The van der Waals surface area contributed by atoms with Gasteiger partial charge in [0.05, 0.1) is 0 Å². The molecule has 0 aromatic rings. The molecule has 0 aliphatic rings. The van der Waals surface area contributed by atoms with E-state index < -0.39 is 4.52 Å². The summed E-state index contributed by atoms with van der Waals surface area (Å²) in [4.78, 5) is 0. The van der Waals surface area contributed by atoms with Crippen LogP contribution in [-0.4, -0.2) is 11.1 Å². The molecule has 0 atom stereocenters. The molecule has 9 heavy (non-hydrogen) atoms. The third-order valence-electron chi connectivity index (χ3n) is 0.897. The standard InChI is InChI=1S/C6H12Cl2O/c1-3-5-6(7,8)9-4-2/h3-5H2,1-2H3. The zero-order chi connectivity index (χ0) is 7.33. The first kappa shape index (κ1) is 9.54. The minimum atomic E-state index is -0.955. The molecule has 0 amide bonds. The summed E-state index contributed by atoms with van der Waals surface area (Å²) in [5.74, 6) is 0. The van der Waals surface area contributed by atoms with E-state index in [9.17, 15) is 0 Å². The average molecular weight is 171 g/mol. The van der Waals surface area contributed by atoms with Crippen LogP contribution in [0, 0.1) is 0 Å². The molecule has 0 unspecified atom stereocenters. The highest BCUT2D eigenvalue weighted by molar-refractivity contribution is 6.47. The van der Waals surface area contributed by atoms with Crippen LogP contribution in [0.2, 0.25) is 0 Å². The van der Waals surface area contributed by atoms with E-state index in [0.717, 1.165) is 6.42 Å². The lowest BCUT2D eigenvalue weighted by Gasteiger charge is -2.17. The fraction of sp³-hybridized carbons (Fsp3) is 1.00. The highest BCUT2D eigenvalue weighted by Crippen LogP contribution is 2.27. The third kappa shape index (κ3) is 5.01. The Labute approximate surface area is 66.3 Å². The molecule has 0 aromatic heterocycles. The first-order chi connectivity index (χ1) is 4.12. The van der Waals surface area contributed by atoms with Gasteiger partial charge in [-0.1, -0.05) is 36.5 Å². The molecule has 0 heterocycles. The van der Waals surface area contributed by atoms with Crippen molar-refractivity contribution in [2.75, 3.05) is 6.61 Å². The number of rotatable bonds is 4. The topological polar surface area (TPSA) is 9.23 Å². The molecule has 0 rings (SSSR count). The Balaban J connectivity index is 3.43. The summed E-state index contributed by atoms with van der Waals surface area (Å²) in [6.45, 7) is 4.45. The van der Waals surface area contributed by atoms with Gasteiger partial charge in [0.15, 0.2) is 0 Å². The predicted molar refractivity (Wildman–Crippen MR) is 41.0 cm³/mol. The molecule has 0 spiro atoms. The van der Waals surface area contributed by atoms with E-state index in [1.54, 1.807) is 0 Å². The zero-order valence-corrected chi connectivity index (χ0v) is 7.30. The molecule has 3 heteroatoms. The van der Waals surface area contributed by atoms with E-state index in [1.807, 2.05) is 13.8 Å². The maximum atomic E-state index is 5.68. The highest BCUT2D eigenvalue weighted by Gasteiger charge is 2.21. The van der Waals surface area contributed by atoms with Gasteiger partial charge >= 0.3 is 0 Å². The van der Waals surface area contributed by atoms with Crippen LogP contribution >= 0.6 is 23.2 Å². The molecule has 0 saturated heterocycles. The molecular weight excluding hydrogens is 159 g/mol. The molecule has 0 radical (unpaired) electrons. The van der Waals surface area contributed by atoms with Gasteiger partial charge in [-0.2, -0.15) is 0 Å². The Kier molecular flexibility index (Phi) is 4.63. The summed E-state index contributed by atoms with van der Waals surface area (Å²) in [5.41, 5.74) is 0. The first-order valence-corrected chi connectivity index (χ1v) is 3.89. The van der Waals surface area contributed by atoms with Crippen molar-refractivity contribution in [3.8, 4) is 0 Å². The number of halogens is 2. The molecule has 0 bridgehead atoms. The number of alkyl halides is 2. The van der Waals surface area contributed by atoms with Crippen molar-refractivity contribution in [2.24, 2.45) is 0 Å². The van der Waals surface area contributed by atoms with E-state index in [4.69, 9.17) is 27.9 Å². The van der Waals surface area contributed by atoms with Gasteiger partial charge in [-0.05, 0) is 6.92 Å². The molecule has 0 aliphatic carbocycles. The molecule has 0 saturated carbocycles. The molecule has 1 nitrogen and oxygen atoms in total. The monoisotopic (exact) mass is 170 g/mol. The van der Waals surface area contributed by atoms with Gasteiger partial charge in [-0.3, -0.25) is 0 Å². The van der Waals surface area contributed by atoms with Crippen LogP contribution in [0.25, 0.3) is 0 Å². The Hall–Kier alpha value is 0.540. The van der Waals surface area contributed by atoms with Crippen LogP contribution in [0.15, 0.2) is 0 Å². The van der Waals surface area contributed by atoms with Crippen molar-refractivity contribution >= 4 is 23.2 Å². The second-order valence-corrected chi connectivity index (χ2v) is 3.23. The molecule has 56 valence electrons. The zero-order valence-electron chi connectivity index (χ0n) is 5.79. The van der Waals surface area contributed by atoms with Crippen LogP contribution in [0.3, 0.4) is 0 Å². The van der Waals surface area contributed by atoms with Crippen molar-refractivity contribution in [1.82, 2.24) is 0 Å². The van der Waals surface area contributed by atoms with Gasteiger partial charge in [0, 0.05) is 13.0 Å². The maximum absolute atomic E-state index is 5.68. The summed E-state index contributed by atoms with van der Waals surface area (Å²) in [6, 6.07) is 0. The van der Waals surface area contributed by atoms with Crippen molar-refractivity contribution < 1.29 is 4.74 Å². The van der Waals surface area contributed by atoms with Crippen LogP contribution in [0.5, 0.6) is 0 Å². The van der Waals surface area contributed by atoms with Gasteiger partial charge in [0.1, 0.15) is 0 Å². The Morgan fingerprint density at radius 2 is 1.89 bits per heavy atom. The molecule has 0 aliphatic heterocycles. The molecular formula is C6H12Cl2O. The summed E-state index contributed by atoms with van der Waals surface area (Å²) >= 11 is 11.4. The minimum absolute atomic E-state index is 0.562. The SMILES string of the molecule is CCCC(Cl)(Cl)OCC. The van der Waals surface area contributed by atoms with Crippen molar-refractivity contribution in [2.45, 2.75) is 31.2 Å². The van der Waals surface area contributed by atoms with Gasteiger partial charge in [0.2, 0.25) is 4.52 Å². The summed E-state index contributed by atoms with van der Waals surface area (Å²) in [5, 5.41) is 0. The van der Waals surface area contributed by atoms with E-state index >= 15 is 0 Å². The molecule has 0 aromatic carbocycles. The van der Waals surface area contributed by atoms with Gasteiger partial charge in [-0.25, -0.2) is 0 Å². The fourth-order valence-corrected chi connectivity index (χ4v) is 1.17. The van der Waals surface area contributed by atoms with E-state index in [0.29, 0.717) is 13.0 Å². The second-order valence-electron chi connectivity index (χ2n) is 1.82. The number of ether oxygens (including phenoxy) is 1. The Bertz CT molecular complexity index is 65.5. The lowest BCUT2D eigenvalue weighted by Crippen LogP contribution is -2.16. The van der Waals surface area contributed by atoms with Crippen LogP contribution in [0.4, 0.5) is 0 Å². The van der Waals surface area contributed by atoms with E-state index in [-0.39, 0.29) is 0 Å². The second kappa shape index (κ2) is 4.37. The predicted octanol–water partition coefficient (Wildman–Crippen LogP) is 2.95. The van der Waals surface area contributed by atoms with Crippen molar-refractivity contribution in [3.63, 3.8) is 0 Å². The smallest absolute Gasteiger partial charge is 0.217 e. The van der Waals surface area contributed by atoms with Crippen LogP contribution in [-0.2, 0) is 4.74 Å². The highest BCUT2D eigenvalue weighted by atomic mass is 35.5. The molecule has 0 N–H and O–H groups in total. The Morgan fingerprint density at radius 1 is 1.33 bits per heavy atom. The van der Waals surface area contributed by atoms with Crippen LogP contribution in [0.1, 0.15) is 26.7 Å². The minimum Gasteiger partial charge on any atom is -0.347 e. The number of hydrogen-bond donors (Lipinski definition) is 0. The summed E-state index contributed by atoms with van der Waals surface area (Å²) in [6.07, 6.45) is 1.62. The fourth-order valence-electron chi connectivity index (χ4n) is 0.574. The van der Waals surface area contributed by atoms with Gasteiger partial charge in [-0.15, -0.1) is 0 Å². The largest absolute Gasteiger partial charge is 0.347 e. The average Bonchev–Trinajstić information content (AvgIpc) is 1.64. The summed E-state index contributed by atoms with van der Waals surface area (Å²) in [7, 11) is 0. The number of hydrogen-bond acceptors (Lipinski definition) is 1. The van der Waals surface area contributed by atoms with E-state index in [2.05, 4.69) is 0 Å². The maximum Gasteiger partial charge on any atom is 0.217 e. The van der Waals surface area contributed by atoms with Gasteiger partial charge < -0.3 is 4.74 Å². The van der Waals surface area contributed by atoms with Crippen molar-refractivity contribution in [3.05, 3.63) is 0 Å². The van der Waals surface area contributed by atoms with Crippen LogP contribution < -0.4 is 0 Å².